The van der Waals surface area contributed by atoms with Crippen molar-refractivity contribution in [3.05, 3.63) is 152 Å². The molecule has 0 radical (unpaired) electrons. The second kappa shape index (κ2) is 11.2. The van der Waals surface area contributed by atoms with E-state index in [9.17, 15) is 4.57 Å². The van der Waals surface area contributed by atoms with E-state index in [-0.39, 0.29) is 0 Å². The van der Waals surface area contributed by atoms with E-state index in [1.807, 2.05) is 55.8 Å². The van der Waals surface area contributed by atoms with E-state index in [0.29, 0.717) is 5.82 Å². The molecule has 0 aliphatic heterocycles. The first-order chi connectivity index (χ1) is 22.5. The molecule has 0 unspecified atom stereocenters. The van der Waals surface area contributed by atoms with Crippen molar-refractivity contribution in [1.82, 2.24) is 9.97 Å². The van der Waals surface area contributed by atoms with Crippen LogP contribution in [0, 0.1) is 0 Å². The predicted molar refractivity (Wildman–Crippen MR) is 195 cm³/mol. The van der Waals surface area contributed by atoms with Gasteiger partial charge in [-0.1, -0.05) is 140 Å². The minimum atomic E-state index is -2.42. The Bertz CT molecular complexity index is 2410. The Morgan fingerprint density at radius 3 is 1.54 bits per heavy atom. The van der Waals surface area contributed by atoms with Gasteiger partial charge in [-0.3, -0.25) is 0 Å². The van der Waals surface area contributed by atoms with Crippen LogP contribution in [0.15, 0.2) is 152 Å². The molecule has 0 bridgehead atoms. The van der Waals surface area contributed by atoms with E-state index < -0.39 is 7.14 Å². The molecule has 8 aromatic rings. The molecular formula is C42H31N2OP. The average molecular weight is 611 g/mol. The van der Waals surface area contributed by atoms with E-state index in [4.69, 9.17) is 9.97 Å². The van der Waals surface area contributed by atoms with Crippen molar-refractivity contribution in [2.45, 2.75) is 0 Å². The Kier molecular flexibility index (Phi) is 6.86. The summed E-state index contributed by atoms with van der Waals surface area (Å²) in [6.45, 7) is 3.67. The number of hydrogen-bond acceptors (Lipinski definition) is 3. The third-order valence-corrected chi connectivity index (χ3v) is 10.3. The molecule has 0 amide bonds. The Labute approximate surface area is 268 Å². The maximum Gasteiger partial charge on any atom is 0.160 e. The van der Waals surface area contributed by atoms with Crippen molar-refractivity contribution >= 4 is 44.9 Å². The number of para-hydroxylation sites is 1. The van der Waals surface area contributed by atoms with E-state index in [1.165, 1.54) is 32.7 Å². The average Bonchev–Trinajstić information content (AvgIpc) is 3.10. The van der Waals surface area contributed by atoms with Crippen LogP contribution in [0.1, 0.15) is 0 Å². The Hall–Kier alpha value is -5.37. The van der Waals surface area contributed by atoms with Gasteiger partial charge in [0, 0.05) is 21.8 Å². The fourth-order valence-electron chi connectivity index (χ4n) is 6.55. The zero-order valence-corrected chi connectivity index (χ0v) is 26.6. The second-order valence-corrected chi connectivity index (χ2v) is 15.3. The number of fused-ring (bicyclic) bond motifs is 3. The number of hydrogen-bond donors (Lipinski definition) is 0. The Morgan fingerprint density at radius 2 is 0.935 bits per heavy atom. The lowest BCUT2D eigenvalue weighted by atomic mass is 9.86. The molecule has 1 heterocycles. The molecule has 0 aliphatic rings. The van der Waals surface area contributed by atoms with Gasteiger partial charge in [-0.25, -0.2) is 9.97 Å². The van der Waals surface area contributed by atoms with Gasteiger partial charge < -0.3 is 4.57 Å². The molecule has 46 heavy (non-hydrogen) atoms. The van der Waals surface area contributed by atoms with Crippen molar-refractivity contribution in [2.24, 2.45) is 0 Å². The van der Waals surface area contributed by atoms with E-state index in [0.717, 1.165) is 44.2 Å². The van der Waals surface area contributed by atoms with Crippen LogP contribution in [0.2, 0.25) is 0 Å². The minimum Gasteiger partial charge on any atom is -0.319 e. The lowest BCUT2D eigenvalue weighted by molar-refractivity contribution is 0.588. The van der Waals surface area contributed by atoms with Gasteiger partial charge in [-0.15, -0.1) is 0 Å². The maximum atomic E-state index is 13.0. The molecule has 8 rings (SSSR count). The fraction of sp³-hybridized carbons (Fsp3) is 0.0476. The highest BCUT2D eigenvalue weighted by molar-refractivity contribution is 7.70. The van der Waals surface area contributed by atoms with Gasteiger partial charge in [0.25, 0.3) is 0 Å². The standard InChI is InChI=1S/C42H31N2OP/c1-46(2,45)32-16-12-15-31(27-32)40-35-19-8-6-17-33(35)39(34-18-7-9-20-36(34)40)28-23-25-30(26-24-28)42-43-38-22-11-10-21-37(38)41(44-42)29-13-4-3-5-14-29/h3-27H,1-2H3. The molecule has 0 N–H and O–H groups in total. The fourth-order valence-corrected chi connectivity index (χ4v) is 7.45. The lowest BCUT2D eigenvalue weighted by Gasteiger charge is -2.18. The highest BCUT2D eigenvalue weighted by atomic mass is 31.2. The van der Waals surface area contributed by atoms with Crippen LogP contribution in [0.4, 0.5) is 0 Å². The summed E-state index contributed by atoms with van der Waals surface area (Å²) in [7, 11) is -2.42. The molecule has 0 fully saturated rings. The normalized spacial score (nSPS) is 11.8. The van der Waals surface area contributed by atoms with E-state index >= 15 is 0 Å². The van der Waals surface area contributed by atoms with Crippen LogP contribution in [-0.2, 0) is 4.57 Å². The minimum absolute atomic E-state index is 0.707. The van der Waals surface area contributed by atoms with Crippen molar-refractivity contribution in [1.29, 1.82) is 0 Å². The summed E-state index contributed by atoms with van der Waals surface area (Å²) < 4.78 is 13.0. The summed E-state index contributed by atoms with van der Waals surface area (Å²) in [6, 6.07) is 52.6. The molecule has 3 nitrogen and oxygen atoms in total. The predicted octanol–water partition coefficient (Wildman–Crippen LogP) is 10.9. The highest BCUT2D eigenvalue weighted by Crippen LogP contribution is 2.44. The van der Waals surface area contributed by atoms with Crippen LogP contribution in [0.25, 0.3) is 77.3 Å². The first-order valence-corrected chi connectivity index (χ1v) is 18.1. The number of benzene rings is 7. The smallest absolute Gasteiger partial charge is 0.160 e. The van der Waals surface area contributed by atoms with Crippen LogP contribution >= 0.6 is 7.14 Å². The maximum absolute atomic E-state index is 13.0. The molecule has 0 saturated carbocycles. The van der Waals surface area contributed by atoms with Crippen LogP contribution in [0.3, 0.4) is 0 Å². The van der Waals surface area contributed by atoms with Gasteiger partial charge in [0.15, 0.2) is 5.82 Å². The van der Waals surface area contributed by atoms with Crippen LogP contribution in [-0.4, -0.2) is 23.3 Å². The van der Waals surface area contributed by atoms with E-state index in [1.54, 1.807) is 0 Å². The SMILES string of the molecule is CP(C)(=O)c1cccc(-c2c3ccccc3c(-c3ccc(-c4nc(-c5ccccc5)c5ccccc5n4)cc3)c3ccccc23)c1. The van der Waals surface area contributed by atoms with Crippen molar-refractivity contribution in [2.75, 3.05) is 13.3 Å². The summed E-state index contributed by atoms with van der Waals surface area (Å²) in [5.41, 5.74) is 8.48. The zero-order chi connectivity index (χ0) is 31.3. The van der Waals surface area contributed by atoms with Gasteiger partial charge in [0.1, 0.15) is 7.14 Å². The quantitative estimate of drug-likeness (QED) is 0.144. The van der Waals surface area contributed by atoms with Crippen molar-refractivity contribution in [3.8, 4) is 44.9 Å². The number of aromatic nitrogens is 2. The van der Waals surface area contributed by atoms with Crippen LogP contribution < -0.4 is 5.30 Å². The third kappa shape index (κ3) is 4.90. The molecule has 1 aromatic heterocycles. The topological polar surface area (TPSA) is 42.9 Å². The number of rotatable bonds is 5. The molecule has 220 valence electrons. The molecular weight excluding hydrogens is 579 g/mol. The summed E-state index contributed by atoms with van der Waals surface area (Å²) >= 11 is 0. The van der Waals surface area contributed by atoms with Crippen molar-refractivity contribution in [3.63, 3.8) is 0 Å². The molecule has 4 heteroatoms. The Morgan fingerprint density at radius 1 is 0.435 bits per heavy atom. The van der Waals surface area contributed by atoms with Gasteiger partial charge in [-0.2, -0.15) is 0 Å². The summed E-state index contributed by atoms with van der Waals surface area (Å²) in [4.78, 5) is 10.1. The largest absolute Gasteiger partial charge is 0.319 e. The van der Waals surface area contributed by atoms with E-state index in [2.05, 4.69) is 109 Å². The first-order valence-electron chi connectivity index (χ1n) is 15.5. The van der Waals surface area contributed by atoms with Gasteiger partial charge in [0.2, 0.25) is 0 Å². The summed E-state index contributed by atoms with van der Waals surface area (Å²) in [5, 5.41) is 6.63. The van der Waals surface area contributed by atoms with Gasteiger partial charge in [-0.05, 0) is 69.3 Å². The summed E-state index contributed by atoms with van der Waals surface area (Å²) in [6.07, 6.45) is 0. The zero-order valence-electron chi connectivity index (χ0n) is 25.7. The van der Waals surface area contributed by atoms with Gasteiger partial charge >= 0.3 is 0 Å². The third-order valence-electron chi connectivity index (χ3n) is 8.77. The summed E-state index contributed by atoms with van der Waals surface area (Å²) in [5.74, 6) is 0.707. The molecule has 0 aliphatic carbocycles. The Balaban J connectivity index is 1.31. The molecule has 0 saturated heterocycles. The molecule has 0 atom stereocenters. The number of nitrogens with zero attached hydrogens (tertiary/aromatic N) is 2. The van der Waals surface area contributed by atoms with Crippen LogP contribution in [0.5, 0.6) is 0 Å². The lowest BCUT2D eigenvalue weighted by Crippen LogP contribution is -2.02. The van der Waals surface area contributed by atoms with Gasteiger partial charge in [0.05, 0.1) is 11.2 Å². The highest BCUT2D eigenvalue weighted by Gasteiger charge is 2.19. The second-order valence-electron chi connectivity index (χ2n) is 12.1. The molecule has 0 spiro atoms. The first kappa shape index (κ1) is 28.1. The monoisotopic (exact) mass is 610 g/mol. The molecule has 7 aromatic carbocycles. The van der Waals surface area contributed by atoms with Crippen molar-refractivity contribution < 1.29 is 4.57 Å².